The first kappa shape index (κ1) is 26.9. The fourth-order valence-electron chi connectivity index (χ4n) is 3.56. The van der Waals surface area contributed by atoms with Gasteiger partial charge < -0.3 is 14.2 Å². The maximum absolute atomic E-state index is 12.9. The molecule has 4 rings (SSSR count). The van der Waals surface area contributed by atoms with Gasteiger partial charge in [-0.1, -0.05) is 53.0 Å². The molecule has 0 atom stereocenters. The van der Waals surface area contributed by atoms with Crippen molar-refractivity contribution in [1.29, 1.82) is 0 Å². The summed E-state index contributed by atoms with van der Waals surface area (Å²) in [6.07, 6.45) is 1.67. The summed E-state index contributed by atoms with van der Waals surface area (Å²) in [7, 11) is 0. The van der Waals surface area contributed by atoms with Gasteiger partial charge in [0.15, 0.2) is 11.5 Å². The monoisotopic (exact) mass is 557 g/mol. The number of thioether (sulfide) groups is 1. The lowest BCUT2D eigenvalue weighted by Gasteiger charge is -2.14. The third kappa shape index (κ3) is 6.80. The molecule has 9 heteroatoms. The van der Waals surface area contributed by atoms with Crippen LogP contribution in [0.25, 0.3) is 6.08 Å². The van der Waals surface area contributed by atoms with Crippen LogP contribution in [0.5, 0.6) is 17.2 Å². The van der Waals surface area contributed by atoms with Crippen LogP contribution in [0.4, 0.5) is 4.79 Å². The predicted molar refractivity (Wildman–Crippen MR) is 148 cm³/mol. The molecular weight excluding hydrogens is 533 g/mol. The van der Waals surface area contributed by atoms with Crippen LogP contribution in [-0.4, -0.2) is 35.8 Å². The van der Waals surface area contributed by atoms with Crippen LogP contribution >= 0.6 is 35.0 Å². The molecular formula is C28H25Cl2NO5S. The number of amides is 2. The van der Waals surface area contributed by atoms with Crippen LogP contribution in [0, 0.1) is 6.92 Å². The summed E-state index contributed by atoms with van der Waals surface area (Å²) in [4.78, 5) is 26.9. The van der Waals surface area contributed by atoms with E-state index in [1.54, 1.807) is 42.5 Å². The summed E-state index contributed by atoms with van der Waals surface area (Å²) in [5, 5.41) is 0.703. The van der Waals surface area contributed by atoms with E-state index in [9.17, 15) is 9.59 Å². The van der Waals surface area contributed by atoms with E-state index in [-0.39, 0.29) is 30.9 Å². The van der Waals surface area contributed by atoms with Gasteiger partial charge in [0, 0.05) is 15.6 Å². The number of imide groups is 1. The Kier molecular flexibility index (Phi) is 9.03. The van der Waals surface area contributed by atoms with Crippen molar-refractivity contribution in [2.45, 2.75) is 20.5 Å². The van der Waals surface area contributed by atoms with Gasteiger partial charge in [-0.15, -0.1) is 0 Å². The minimum atomic E-state index is -0.353. The minimum absolute atomic E-state index is 0.164. The molecule has 1 aliphatic heterocycles. The first-order chi connectivity index (χ1) is 17.9. The molecule has 192 valence electrons. The van der Waals surface area contributed by atoms with Gasteiger partial charge in [-0.05, 0) is 73.6 Å². The summed E-state index contributed by atoms with van der Waals surface area (Å²) in [5.74, 6) is 1.35. The standard InChI is InChI=1S/C28H25Cl2NO5S/c1-3-34-25-15-19(9-12-24(25)36-17-21-22(29)5-4-6-23(21)30)16-26-27(32)31(28(33)37-26)13-14-35-20-10-7-18(2)8-11-20/h4-12,15-16H,3,13-14,17H2,1-2H3/b26-16-. The summed E-state index contributed by atoms with van der Waals surface area (Å²) >= 11 is 13.4. The van der Waals surface area contributed by atoms with Crippen molar-refractivity contribution < 1.29 is 23.8 Å². The van der Waals surface area contributed by atoms with Gasteiger partial charge in [0.25, 0.3) is 11.1 Å². The Balaban J connectivity index is 1.43. The van der Waals surface area contributed by atoms with Gasteiger partial charge in [-0.3, -0.25) is 14.5 Å². The highest BCUT2D eigenvalue weighted by Crippen LogP contribution is 2.35. The second-order valence-electron chi connectivity index (χ2n) is 8.12. The molecule has 0 saturated carbocycles. The summed E-state index contributed by atoms with van der Waals surface area (Å²) in [5.41, 5.74) is 2.51. The number of carbonyl (C=O) groups excluding carboxylic acids is 2. The summed E-state index contributed by atoms with van der Waals surface area (Å²) < 4.78 is 17.4. The normalized spacial score (nSPS) is 14.4. The van der Waals surface area contributed by atoms with Crippen molar-refractivity contribution in [3.8, 4) is 17.2 Å². The Bertz CT molecular complexity index is 1310. The Hall–Kier alpha value is -3.13. The Morgan fingerprint density at radius 1 is 0.919 bits per heavy atom. The van der Waals surface area contributed by atoms with Crippen molar-refractivity contribution in [3.63, 3.8) is 0 Å². The van der Waals surface area contributed by atoms with E-state index in [2.05, 4.69) is 0 Å². The van der Waals surface area contributed by atoms with E-state index in [1.807, 2.05) is 38.1 Å². The molecule has 0 bridgehead atoms. The zero-order valence-electron chi connectivity index (χ0n) is 20.3. The maximum atomic E-state index is 12.9. The van der Waals surface area contributed by atoms with Crippen LogP contribution in [0.15, 0.2) is 65.6 Å². The van der Waals surface area contributed by atoms with Crippen LogP contribution in [0.2, 0.25) is 10.0 Å². The number of nitrogens with zero attached hydrogens (tertiary/aromatic N) is 1. The Morgan fingerprint density at radius 3 is 2.35 bits per heavy atom. The van der Waals surface area contributed by atoms with E-state index in [4.69, 9.17) is 37.4 Å². The predicted octanol–water partition coefficient (Wildman–Crippen LogP) is 7.39. The van der Waals surface area contributed by atoms with Crippen molar-refractivity contribution >= 4 is 52.2 Å². The molecule has 3 aromatic carbocycles. The third-order valence-electron chi connectivity index (χ3n) is 5.48. The van der Waals surface area contributed by atoms with E-state index in [1.165, 1.54) is 4.90 Å². The van der Waals surface area contributed by atoms with Gasteiger partial charge >= 0.3 is 0 Å². The fourth-order valence-corrected chi connectivity index (χ4v) is 4.93. The Morgan fingerprint density at radius 2 is 1.65 bits per heavy atom. The molecule has 0 unspecified atom stereocenters. The topological polar surface area (TPSA) is 65.1 Å². The lowest BCUT2D eigenvalue weighted by molar-refractivity contribution is -0.123. The van der Waals surface area contributed by atoms with E-state index >= 15 is 0 Å². The van der Waals surface area contributed by atoms with Crippen LogP contribution < -0.4 is 14.2 Å². The Labute approximate surface area is 230 Å². The number of hydrogen-bond donors (Lipinski definition) is 0. The van der Waals surface area contributed by atoms with Crippen molar-refractivity contribution in [2.24, 2.45) is 0 Å². The smallest absolute Gasteiger partial charge is 0.293 e. The fraction of sp³-hybridized carbons (Fsp3) is 0.214. The molecule has 2 amide bonds. The second-order valence-corrected chi connectivity index (χ2v) is 9.93. The molecule has 0 aliphatic carbocycles. The summed E-state index contributed by atoms with van der Waals surface area (Å²) in [6, 6.07) is 18.2. The summed E-state index contributed by atoms with van der Waals surface area (Å²) in [6.45, 7) is 4.82. The zero-order valence-corrected chi connectivity index (χ0v) is 22.7. The molecule has 1 heterocycles. The highest BCUT2D eigenvalue weighted by Gasteiger charge is 2.34. The molecule has 0 spiro atoms. The number of ether oxygens (including phenoxy) is 3. The highest BCUT2D eigenvalue weighted by molar-refractivity contribution is 8.18. The number of aryl methyl sites for hydroxylation is 1. The lowest BCUT2D eigenvalue weighted by Crippen LogP contribution is -2.32. The third-order valence-corrected chi connectivity index (χ3v) is 7.09. The number of hydrogen-bond acceptors (Lipinski definition) is 6. The van der Waals surface area contributed by atoms with Crippen LogP contribution in [0.3, 0.4) is 0 Å². The van der Waals surface area contributed by atoms with Gasteiger partial charge in [0.1, 0.15) is 19.0 Å². The van der Waals surface area contributed by atoms with Gasteiger partial charge in [0.2, 0.25) is 0 Å². The van der Waals surface area contributed by atoms with Crippen molar-refractivity contribution in [2.75, 3.05) is 19.8 Å². The molecule has 6 nitrogen and oxygen atoms in total. The van der Waals surface area contributed by atoms with Crippen molar-refractivity contribution in [3.05, 3.63) is 92.3 Å². The average Bonchev–Trinajstić information content (AvgIpc) is 3.13. The molecule has 1 saturated heterocycles. The second kappa shape index (κ2) is 12.4. The van der Waals surface area contributed by atoms with Crippen LogP contribution in [-0.2, 0) is 11.4 Å². The maximum Gasteiger partial charge on any atom is 0.293 e. The van der Waals surface area contributed by atoms with Gasteiger partial charge in [-0.2, -0.15) is 0 Å². The van der Waals surface area contributed by atoms with Gasteiger partial charge in [-0.25, -0.2) is 0 Å². The average molecular weight is 558 g/mol. The number of halogens is 2. The molecule has 0 radical (unpaired) electrons. The SMILES string of the molecule is CCOc1cc(/C=C2\SC(=O)N(CCOc3ccc(C)cc3)C2=O)ccc1OCc1c(Cl)cccc1Cl. The molecule has 1 aliphatic rings. The quantitative estimate of drug-likeness (QED) is 0.242. The lowest BCUT2D eigenvalue weighted by atomic mass is 10.1. The first-order valence-electron chi connectivity index (χ1n) is 11.6. The van der Waals surface area contributed by atoms with Gasteiger partial charge in [0.05, 0.1) is 18.1 Å². The first-order valence-corrected chi connectivity index (χ1v) is 13.2. The molecule has 37 heavy (non-hydrogen) atoms. The zero-order chi connectivity index (χ0) is 26.4. The molecule has 0 N–H and O–H groups in total. The van der Waals surface area contributed by atoms with Crippen molar-refractivity contribution in [1.82, 2.24) is 4.90 Å². The molecule has 1 fully saturated rings. The number of rotatable bonds is 10. The van der Waals surface area contributed by atoms with E-state index < -0.39 is 0 Å². The highest BCUT2D eigenvalue weighted by atomic mass is 35.5. The molecule has 0 aromatic heterocycles. The van der Waals surface area contributed by atoms with Crippen LogP contribution in [0.1, 0.15) is 23.6 Å². The minimum Gasteiger partial charge on any atom is -0.492 e. The van der Waals surface area contributed by atoms with E-state index in [0.29, 0.717) is 49.9 Å². The molecule has 3 aromatic rings. The largest absolute Gasteiger partial charge is 0.492 e. The number of carbonyl (C=O) groups is 2. The van der Waals surface area contributed by atoms with E-state index in [0.717, 1.165) is 17.3 Å². The number of benzene rings is 3.